The lowest BCUT2D eigenvalue weighted by Gasteiger charge is -2.38. The molecular formula is C12H22N4. The minimum Gasteiger partial charge on any atom is -0.396 e. The third-order valence-electron chi connectivity index (χ3n) is 3.62. The van der Waals surface area contributed by atoms with Crippen molar-refractivity contribution in [1.82, 2.24) is 14.7 Å². The summed E-state index contributed by atoms with van der Waals surface area (Å²) in [6, 6.07) is 1.41. The smallest absolute Gasteiger partial charge is 0.0719 e. The fourth-order valence-electron chi connectivity index (χ4n) is 2.64. The average molecular weight is 222 g/mol. The van der Waals surface area contributed by atoms with Crippen molar-refractivity contribution in [1.29, 1.82) is 0 Å². The Balaban J connectivity index is 1.88. The van der Waals surface area contributed by atoms with Crippen molar-refractivity contribution in [3.05, 3.63) is 12.4 Å². The summed E-state index contributed by atoms with van der Waals surface area (Å²) in [4.78, 5) is 2.58. The molecule has 16 heavy (non-hydrogen) atoms. The maximum absolute atomic E-state index is 5.64. The Bertz CT molecular complexity index is 324. The number of hydrogen-bond donors (Lipinski definition) is 1. The highest BCUT2D eigenvalue weighted by Gasteiger charge is 2.23. The van der Waals surface area contributed by atoms with E-state index in [9.17, 15) is 0 Å². The fraction of sp³-hybridized carbons (Fsp3) is 0.750. The van der Waals surface area contributed by atoms with Crippen molar-refractivity contribution < 1.29 is 0 Å². The highest BCUT2D eigenvalue weighted by Crippen LogP contribution is 2.22. The molecule has 1 saturated heterocycles. The Labute approximate surface area is 97.4 Å². The second-order valence-electron chi connectivity index (χ2n) is 4.90. The van der Waals surface area contributed by atoms with Gasteiger partial charge in [0.2, 0.25) is 0 Å². The maximum Gasteiger partial charge on any atom is 0.0719 e. The molecule has 0 unspecified atom stereocenters. The van der Waals surface area contributed by atoms with E-state index in [1.807, 2.05) is 10.9 Å². The van der Waals surface area contributed by atoms with Gasteiger partial charge in [0, 0.05) is 24.8 Å². The number of nitrogens with two attached hydrogens (primary N) is 1. The highest BCUT2D eigenvalue weighted by atomic mass is 15.3. The first-order valence-corrected chi connectivity index (χ1v) is 6.20. The van der Waals surface area contributed by atoms with Crippen LogP contribution >= 0.6 is 0 Å². The Morgan fingerprint density at radius 3 is 2.56 bits per heavy atom. The summed E-state index contributed by atoms with van der Waals surface area (Å²) in [6.45, 7) is 6.66. The van der Waals surface area contributed by atoms with Crippen molar-refractivity contribution in [2.75, 3.05) is 12.3 Å². The number of aromatic nitrogens is 2. The number of nitrogen functional groups attached to an aromatic ring is 1. The van der Waals surface area contributed by atoms with Gasteiger partial charge in [0.15, 0.2) is 0 Å². The summed E-state index contributed by atoms with van der Waals surface area (Å²) in [6.07, 6.45) is 7.63. The van der Waals surface area contributed by atoms with Crippen molar-refractivity contribution in [3.63, 3.8) is 0 Å². The second-order valence-corrected chi connectivity index (χ2v) is 4.90. The van der Waals surface area contributed by atoms with Gasteiger partial charge in [0.25, 0.3) is 0 Å². The summed E-state index contributed by atoms with van der Waals surface area (Å²) in [7, 11) is 0. The zero-order valence-corrected chi connectivity index (χ0v) is 10.3. The number of anilines is 1. The molecule has 0 radical (unpaired) electrons. The minimum atomic E-state index is 0.705. The number of hydrogen-bond acceptors (Lipinski definition) is 3. The Morgan fingerprint density at radius 1 is 1.31 bits per heavy atom. The van der Waals surface area contributed by atoms with Crippen LogP contribution in [0, 0.1) is 0 Å². The van der Waals surface area contributed by atoms with Crippen LogP contribution in [0.3, 0.4) is 0 Å². The van der Waals surface area contributed by atoms with Crippen LogP contribution in [-0.4, -0.2) is 33.3 Å². The van der Waals surface area contributed by atoms with E-state index in [2.05, 4.69) is 23.8 Å². The fourth-order valence-corrected chi connectivity index (χ4v) is 2.64. The molecule has 0 aliphatic carbocycles. The van der Waals surface area contributed by atoms with E-state index in [4.69, 9.17) is 5.73 Å². The molecule has 1 aromatic rings. The van der Waals surface area contributed by atoms with Gasteiger partial charge in [-0.2, -0.15) is 5.10 Å². The van der Waals surface area contributed by atoms with E-state index in [0.29, 0.717) is 12.1 Å². The molecular weight excluding hydrogens is 200 g/mol. The molecule has 1 aromatic heterocycles. The van der Waals surface area contributed by atoms with Gasteiger partial charge in [-0.15, -0.1) is 0 Å². The molecule has 0 spiro atoms. The van der Waals surface area contributed by atoms with Gasteiger partial charge in [0.05, 0.1) is 18.4 Å². The average Bonchev–Trinajstić information content (AvgIpc) is 2.63. The zero-order valence-electron chi connectivity index (χ0n) is 10.3. The molecule has 1 fully saturated rings. The van der Waals surface area contributed by atoms with Crippen LogP contribution in [0.5, 0.6) is 0 Å². The Kier molecular flexibility index (Phi) is 3.49. The van der Waals surface area contributed by atoms with E-state index in [-0.39, 0.29) is 0 Å². The number of rotatable bonds is 3. The largest absolute Gasteiger partial charge is 0.396 e. The van der Waals surface area contributed by atoms with E-state index < -0.39 is 0 Å². The summed E-state index contributed by atoms with van der Waals surface area (Å²) in [5, 5.41) is 4.22. The molecule has 2 N–H and O–H groups in total. The molecule has 0 aromatic carbocycles. The first-order valence-electron chi connectivity index (χ1n) is 6.20. The van der Waals surface area contributed by atoms with Gasteiger partial charge in [-0.05, 0) is 26.7 Å². The van der Waals surface area contributed by atoms with Crippen LogP contribution in [0.2, 0.25) is 0 Å². The van der Waals surface area contributed by atoms with Gasteiger partial charge < -0.3 is 5.73 Å². The Morgan fingerprint density at radius 2 is 2.00 bits per heavy atom. The van der Waals surface area contributed by atoms with Crippen LogP contribution in [0.1, 0.15) is 33.1 Å². The normalized spacial score (nSPS) is 27.1. The lowest BCUT2D eigenvalue weighted by molar-refractivity contribution is 0.0978. The molecule has 4 nitrogen and oxygen atoms in total. The molecule has 2 rings (SSSR count). The molecule has 4 heteroatoms. The first kappa shape index (κ1) is 11.5. The van der Waals surface area contributed by atoms with Crippen LogP contribution < -0.4 is 5.73 Å². The zero-order chi connectivity index (χ0) is 11.5. The molecule has 1 aliphatic rings. The third-order valence-corrected chi connectivity index (χ3v) is 3.62. The molecule has 2 heterocycles. The second kappa shape index (κ2) is 4.87. The van der Waals surface area contributed by atoms with Crippen LogP contribution in [0.15, 0.2) is 12.4 Å². The van der Waals surface area contributed by atoms with Gasteiger partial charge in [0.1, 0.15) is 0 Å². The van der Waals surface area contributed by atoms with Crippen molar-refractivity contribution in [3.8, 4) is 0 Å². The van der Waals surface area contributed by atoms with Gasteiger partial charge in [-0.25, -0.2) is 0 Å². The molecule has 90 valence electrons. The summed E-state index contributed by atoms with van der Waals surface area (Å²) in [5.74, 6) is 0. The molecule has 0 amide bonds. The van der Waals surface area contributed by atoms with E-state index in [1.165, 1.54) is 19.3 Å². The summed E-state index contributed by atoms with van der Waals surface area (Å²) in [5.41, 5.74) is 6.39. The van der Waals surface area contributed by atoms with Gasteiger partial charge in [-0.1, -0.05) is 6.42 Å². The Hall–Kier alpha value is -1.03. The quantitative estimate of drug-likeness (QED) is 0.847. The topological polar surface area (TPSA) is 47.1 Å². The van der Waals surface area contributed by atoms with Crippen LogP contribution in [0.25, 0.3) is 0 Å². The van der Waals surface area contributed by atoms with Crippen LogP contribution in [0.4, 0.5) is 5.69 Å². The highest BCUT2D eigenvalue weighted by molar-refractivity contribution is 5.30. The predicted molar refractivity (Wildman–Crippen MR) is 66.1 cm³/mol. The number of nitrogens with zero attached hydrogens (tertiary/aromatic N) is 3. The van der Waals surface area contributed by atoms with Gasteiger partial charge in [-0.3, -0.25) is 9.58 Å². The van der Waals surface area contributed by atoms with E-state index in [1.54, 1.807) is 6.20 Å². The van der Waals surface area contributed by atoms with E-state index in [0.717, 1.165) is 18.8 Å². The number of likely N-dealkylation sites (tertiary alicyclic amines) is 1. The lowest BCUT2D eigenvalue weighted by atomic mass is 9.98. The molecule has 1 aliphatic heterocycles. The SMILES string of the molecule is C[C@@H]1CCC[C@H](C)N1CCn1cc(N)cn1. The van der Waals surface area contributed by atoms with Crippen molar-refractivity contribution >= 4 is 5.69 Å². The minimum absolute atomic E-state index is 0.705. The predicted octanol–water partition coefficient (Wildman–Crippen LogP) is 1.73. The van der Waals surface area contributed by atoms with Crippen molar-refractivity contribution in [2.45, 2.75) is 51.7 Å². The van der Waals surface area contributed by atoms with E-state index >= 15 is 0 Å². The van der Waals surface area contributed by atoms with Crippen molar-refractivity contribution in [2.24, 2.45) is 0 Å². The summed E-state index contributed by atoms with van der Waals surface area (Å²) >= 11 is 0. The maximum atomic E-state index is 5.64. The molecule has 2 atom stereocenters. The summed E-state index contributed by atoms with van der Waals surface area (Å²) < 4.78 is 1.93. The first-order chi connectivity index (χ1) is 7.66. The standard InChI is InChI=1S/C12H22N4/c1-10-4-3-5-11(2)16(10)7-6-15-9-12(13)8-14-15/h8-11H,3-7,13H2,1-2H3/t10-,11+. The number of piperidine rings is 1. The third kappa shape index (κ3) is 2.55. The molecule has 0 bridgehead atoms. The van der Waals surface area contributed by atoms with Crippen LogP contribution in [-0.2, 0) is 6.54 Å². The monoisotopic (exact) mass is 222 g/mol. The lowest BCUT2D eigenvalue weighted by Crippen LogP contribution is -2.45. The molecule has 0 saturated carbocycles. The van der Waals surface area contributed by atoms with Gasteiger partial charge >= 0.3 is 0 Å².